The first-order valence-corrected chi connectivity index (χ1v) is 12.3. The van der Waals surface area contributed by atoms with Crippen LogP contribution < -0.4 is 14.8 Å². The Hall–Kier alpha value is -3.18. The minimum Gasteiger partial charge on any atom is -0.507 e. The summed E-state index contributed by atoms with van der Waals surface area (Å²) in [6, 6.07) is -0.271. The van der Waals surface area contributed by atoms with E-state index in [0.717, 1.165) is 6.08 Å². The molecule has 1 aliphatic carbocycles. The van der Waals surface area contributed by atoms with Crippen molar-refractivity contribution in [2.24, 2.45) is 0 Å². The number of allylic oxidation sites excluding steroid dienone is 4. The first kappa shape index (κ1) is 25.4. The van der Waals surface area contributed by atoms with E-state index < -0.39 is 44.3 Å². The monoisotopic (exact) mass is 492 g/mol. The number of phenolic OH excluding ortho intramolecular Hbond substituents is 2. The molecule has 34 heavy (non-hydrogen) atoms. The number of phenols is 2. The Morgan fingerprint density at radius 3 is 2.35 bits per heavy atom. The average Bonchev–Trinajstić information content (AvgIpc) is 2.98. The van der Waals surface area contributed by atoms with Crippen LogP contribution in [0.5, 0.6) is 17.2 Å². The van der Waals surface area contributed by atoms with Crippen molar-refractivity contribution in [2.75, 3.05) is 12.3 Å². The quantitative estimate of drug-likeness (QED) is 0.251. The fraction of sp³-hybridized carbons (Fsp3) is 0.435. The van der Waals surface area contributed by atoms with E-state index in [0.29, 0.717) is 0 Å². The number of hydrogen-bond acceptors (Lipinski definition) is 9. The third kappa shape index (κ3) is 3.98. The lowest BCUT2D eigenvalue weighted by Crippen LogP contribution is -2.41. The number of carbonyl (C=O) groups excluding carboxylic acids is 3. The van der Waals surface area contributed by atoms with Crippen LogP contribution >= 0.6 is 0 Å². The summed E-state index contributed by atoms with van der Waals surface area (Å²) in [5.74, 6) is -3.27. The van der Waals surface area contributed by atoms with Gasteiger partial charge in [0.2, 0.25) is 10.0 Å². The molecule has 1 aromatic rings. The molecule has 1 aromatic carbocycles. The third-order valence-electron chi connectivity index (χ3n) is 5.94. The fourth-order valence-electron chi connectivity index (χ4n) is 4.24. The molecule has 11 heteroatoms. The van der Waals surface area contributed by atoms with E-state index in [4.69, 9.17) is 4.74 Å². The Bertz CT molecular complexity index is 1290. The molecule has 184 valence electrons. The number of hydrogen-bond donors (Lipinski definition) is 4. The molecule has 1 heterocycles. The molecule has 0 radical (unpaired) electrons. The molecular weight excluding hydrogens is 464 g/mol. The lowest BCUT2D eigenvalue weighted by Gasteiger charge is -2.29. The SMILES string of the molecule is CC(=O)c1c(O)c(C)c(O)c2c1OC1=CC(=O)C(=C(C)NCCS(=O)(=O)NC(C)C)C(=O)[C@@]12C. The number of sulfonamides is 1. The normalized spacial score (nSPS) is 21.1. The van der Waals surface area contributed by atoms with Gasteiger partial charge in [-0.05, 0) is 41.5 Å². The van der Waals surface area contributed by atoms with Crippen LogP contribution in [0.1, 0.15) is 56.1 Å². The zero-order chi connectivity index (χ0) is 25.7. The van der Waals surface area contributed by atoms with Gasteiger partial charge in [0.15, 0.2) is 17.3 Å². The first-order valence-electron chi connectivity index (χ1n) is 10.7. The topological polar surface area (TPSA) is 159 Å². The van der Waals surface area contributed by atoms with Crippen LogP contribution in [0.4, 0.5) is 0 Å². The van der Waals surface area contributed by atoms with Gasteiger partial charge in [-0.2, -0.15) is 0 Å². The highest BCUT2D eigenvalue weighted by Crippen LogP contribution is 2.57. The predicted molar refractivity (Wildman–Crippen MR) is 123 cm³/mol. The number of benzene rings is 1. The van der Waals surface area contributed by atoms with Gasteiger partial charge in [0.1, 0.15) is 34.0 Å². The molecule has 3 rings (SSSR count). The van der Waals surface area contributed by atoms with Gasteiger partial charge in [0.25, 0.3) is 0 Å². The smallest absolute Gasteiger partial charge is 0.213 e. The molecule has 1 aliphatic heterocycles. The molecule has 0 fully saturated rings. The maximum absolute atomic E-state index is 13.6. The van der Waals surface area contributed by atoms with E-state index in [1.165, 1.54) is 27.7 Å². The summed E-state index contributed by atoms with van der Waals surface area (Å²) in [4.78, 5) is 38.7. The van der Waals surface area contributed by atoms with Gasteiger partial charge >= 0.3 is 0 Å². The minimum absolute atomic E-state index is 0.00274. The van der Waals surface area contributed by atoms with Crippen LogP contribution in [-0.2, 0) is 25.0 Å². The van der Waals surface area contributed by atoms with E-state index in [2.05, 4.69) is 10.0 Å². The third-order valence-corrected chi connectivity index (χ3v) is 7.51. The number of aromatic hydroxyl groups is 2. The van der Waals surface area contributed by atoms with Gasteiger partial charge in [0, 0.05) is 29.9 Å². The van der Waals surface area contributed by atoms with Crippen LogP contribution in [0.25, 0.3) is 0 Å². The summed E-state index contributed by atoms with van der Waals surface area (Å²) in [7, 11) is -3.55. The number of ketones is 3. The lowest BCUT2D eigenvalue weighted by atomic mass is 9.70. The highest BCUT2D eigenvalue weighted by Gasteiger charge is 2.56. The van der Waals surface area contributed by atoms with Crippen LogP contribution in [0.3, 0.4) is 0 Å². The highest BCUT2D eigenvalue weighted by atomic mass is 32.2. The number of rotatable bonds is 7. The van der Waals surface area contributed by atoms with E-state index in [1.807, 2.05) is 0 Å². The largest absolute Gasteiger partial charge is 0.507 e. The fourth-order valence-corrected chi connectivity index (χ4v) is 5.45. The number of carbonyl (C=O) groups is 3. The molecule has 0 bridgehead atoms. The lowest BCUT2D eigenvalue weighted by molar-refractivity contribution is -0.123. The highest BCUT2D eigenvalue weighted by molar-refractivity contribution is 7.89. The van der Waals surface area contributed by atoms with E-state index in [9.17, 15) is 33.0 Å². The van der Waals surface area contributed by atoms with Gasteiger partial charge in [-0.25, -0.2) is 13.1 Å². The molecule has 10 nitrogen and oxygen atoms in total. The Morgan fingerprint density at radius 1 is 1.18 bits per heavy atom. The average molecular weight is 493 g/mol. The molecule has 0 saturated carbocycles. The van der Waals surface area contributed by atoms with Crippen molar-refractivity contribution in [3.63, 3.8) is 0 Å². The molecule has 0 amide bonds. The van der Waals surface area contributed by atoms with Crippen molar-refractivity contribution < 1.29 is 37.8 Å². The summed E-state index contributed by atoms with van der Waals surface area (Å²) in [6.45, 7) is 8.89. The summed E-state index contributed by atoms with van der Waals surface area (Å²) < 4.78 is 32.2. The van der Waals surface area contributed by atoms with Gasteiger partial charge in [-0.1, -0.05) is 0 Å². The second-order valence-corrected chi connectivity index (χ2v) is 10.8. The molecule has 0 aromatic heterocycles. The Kier molecular flexibility index (Phi) is 6.40. The zero-order valence-corrected chi connectivity index (χ0v) is 20.6. The van der Waals surface area contributed by atoms with Crippen molar-refractivity contribution in [1.82, 2.24) is 10.0 Å². The molecule has 4 N–H and O–H groups in total. The number of ether oxygens (including phenoxy) is 1. The maximum atomic E-state index is 13.6. The van der Waals surface area contributed by atoms with Crippen molar-refractivity contribution in [3.8, 4) is 17.2 Å². The maximum Gasteiger partial charge on any atom is 0.213 e. The summed E-state index contributed by atoms with van der Waals surface area (Å²) >= 11 is 0. The zero-order valence-electron chi connectivity index (χ0n) is 19.8. The molecule has 0 saturated heterocycles. The molecule has 0 spiro atoms. The molecule has 1 atom stereocenters. The number of nitrogens with one attached hydrogen (secondary N) is 2. The van der Waals surface area contributed by atoms with Crippen molar-refractivity contribution in [2.45, 2.75) is 53.0 Å². The van der Waals surface area contributed by atoms with Gasteiger partial charge < -0.3 is 20.3 Å². The molecule has 2 aliphatic rings. The number of Topliss-reactive ketones (excluding diaryl/α,β-unsaturated/α-hetero) is 2. The predicted octanol–water partition coefficient (Wildman–Crippen LogP) is 1.49. The van der Waals surface area contributed by atoms with Crippen LogP contribution in [0.2, 0.25) is 0 Å². The van der Waals surface area contributed by atoms with Crippen LogP contribution in [-0.4, -0.2) is 54.3 Å². The van der Waals surface area contributed by atoms with Gasteiger partial charge in [0.05, 0.1) is 16.9 Å². The van der Waals surface area contributed by atoms with Crippen molar-refractivity contribution >= 4 is 27.4 Å². The first-order chi connectivity index (χ1) is 15.6. The Balaban J connectivity index is 2.05. The Labute approximate surface area is 197 Å². The van der Waals surface area contributed by atoms with E-state index in [1.54, 1.807) is 13.8 Å². The Morgan fingerprint density at radius 2 is 1.79 bits per heavy atom. The second kappa shape index (κ2) is 8.55. The van der Waals surface area contributed by atoms with Crippen LogP contribution in [0, 0.1) is 6.92 Å². The molecular formula is C23H28N2O8S. The summed E-state index contributed by atoms with van der Waals surface area (Å²) in [5.41, 5.74) is -1.87. The van der Waals surface area contributed by atoms with Gasteiger partial charge in [-0.3, -0.25) is 14.4 Å². The summed E-state index contributed by atoms with van der Waals surface area (Å²) in [6.07, 6.45) is 1.11. The van der Waals surface area contributed by atoms with E-state index >= 15 is 0 Å². The van der Waals surface area contributed by atoms with Crippen molar-refractivity contribution in [3.05, 3.63) is 39.8 Å². The number of fused-ring (bicyclic) bond motifs is 3. The summed E-state index contributed by atoms with van der Waals surface area (Å²) in [5, 5.41) is 24.0. The minimum atomic E-state index is -3.55. The standard InChI is InChI=1S/C23H28N2O8S/c1-10(2)25-34(31,32)8-7-24-12(4)16-14(27)9-15-23(6,22(16)30)18-20(29)11(3)19(28)17(13(5)26)21(18)33-15/h9-10,24-25,28-29H,7-8H2,1-6H3/t23-/m0/s1. The second-order valence-electron chi connectivity index (χ2n) is 8.90. The molecule has 0 unspecified atom stereocenters. The van der Waals surface area contributed by atoms with Crippen molar-refractivity contribution in [1.29, 1.82) is 0 Å². The van der Waals surface area contributed by atoms with Crippen LogP contribution in [0.15, 0.2) is 23.1 Å². The van der Waals surface area contributed by atoms with Gasteiger partial charge in [-0.15, -0.1) is 0 Å². The van der Waals surface area contributed by atoms with E-state index in [-0.39, 0.29) is 57.8 Å².